The molecule has 3 heteroatoms. The number of anilines is 1. The number of pyridine rings is 1. The number of nitrogens with zero attached hydrogens (tertiary/aromatic N) is 2. The summed E-state index contributed by atoms with van der Waals surface area (Å²) in [6.07, 6.45) is 13.9. The predicted molar refractivity (Wildman–Crippen MR) is 99.8 cm³/mol. The van der Waals surface area contributed by atoms with Gasteiger partial charge in [-0.1, -0.05) is 43.5 Å². The van der Waals surface area contributed by atoms with Gasteiger partial charge in [0.25, 0.3) is 0 Å². The Hall–Kier alpha value is -2.13. The molecule has 3 nitrogen and oxygen atoms in total. The Kier molecular flexibility index (Phi) is 6.82. The summed E-state index contributed by atoms with van der Waals surface area (Å²) >= 11 is 0. The Labute approximate surface area is 140 Å². The first kappa shape index (κ1) is 17.2. The predicted octanol–water partition coefficient (Wildman–Crippen LogP) is 3.80. The topological polar surface area (TPSA) is 28.2 Å². The second-order valence-corrected chi connectivity index (χ2v) is 5.90. The molecule has 1 aromatic heterocycles. The standard InChI is InChI=1S/C20H27N3/c1-4-6-7-8-18(5-2)16-22-19-10-13-23(14-11-19)20-15-17(3)9-12-21-20/h4-9,12,15,19,22H,1-2,10-11,13-14,16H2,3H3/b7-6-,18-8+. The summed E-state index contributed by atoms with van der Waals surface area (Å²) in [5.74, 6) is 1.10. The molecular weight excluding hydrogens is 282 g/mol. The van der Waals surface area contributed by atoms with Gasteiger partial charge < -0.3 is 10.2 Å². The Balaban J connectivity index is 1.80. The van der Waals surface area contributed by atoms with E-state index < -0.39 is 0 Å². The summed E-state index contributed by atoms with van der Waals surface area (Å²) in [5, 5.41) is 3.64. The Bertz CT molecular complexity index is 578. The van der Waals surface area contributed by atoms with E-state index in [0.29, 0.717) is 6.04 Å². The summed E-state index contributed by atoms with van der Waals surface area (Å²) in [7, 11) is 0. The first-order valence-electron chi connectivity index (χ1n) is 8.24. The lowest BCUT2D eigenvalue weighted by Crippen LogP contribution is -2.43. The molecule has 0 saturated carbocycles. The number of rotatable bonds is 7. The van der Waals surface area contributed by atoms with E-state index in [0.717, 1.165) is 38.3 Å². The minimum Gasteiger partial charge on any atom is -0.356 e. The van der Waals surface area contributed by atoms with Gasteiger partial charge in [-0.25, -0.2) is 4.98 Å². The lowest BCUT2D eigenvalue weighted by molar-refractivity contribution is 0.427. The van der Waals surface area contributed by atoms with Crippen LogP contribution in [0.15, 0.2) is 67.4 Å². The minimum absolute atomic E-state index is 0.558. The molecule has 1 saturated heterocycles. The largest absolute Gasteiger partial charge is 0.356 e. The molecule has 0 bridgehead atoms. The fraction of sp³-hybridized carbons (Fsp3) is 0.350. The molecule has 0 aliphatic carbocycles. The van der Waals surface area contributed by atoms with Gasteiger partial charge in [-0.3, -0.25) is 0 Å². The third-order valence-corrected chi connectivity index (χ3v) is 4.13. The Morgan fingerprint density at radius 3 is 2.78 bits per heavy atom. The van der Waals surface area contributed by atoms with Crippen LogP contribution in [0.5, 0.6) is 0 Å². The molecule has 0 spiro atoms. The van der Waals surface area contributed by atoms with Crippen molar-refractivity contribution in [2.45, 2.75) is 25.8 Å². The van der Waals surface area contributed by atoms with Crippen molar-refractivity contribution in [2.75, 3.05) is 24.5 Å². The van der Waals surface area contributed by atoms with Crippen molar-refractivity contribution in [1.82, 2.24) is 10.3 Å². The zero-order valence-electron chi connectivity index (χ0n) is 14.0. The number of allylic oxidation sites excluding steroid dienone is 4. The zero-order valence-corrected chi connectivity index (χ0v) is 14.0. The molecule has 0 amide bonds. The lowest BCUT2D eigenvalue weighted by atomic mass is 10.0. The molecule has 2 rings (SSSR count). The fourth-order valence-electron chi connectivity index (χ4n) is 2.72. The van der Waals surface area contributed by atoms with Crippen molar-refractivity contribution in [2.24, 2.45) is 0 Å². The number of hydrogen-bond acceptors (Lipinski definition) is 3. The third-order valence-electron chi connectivity index (χ3n) is 4.13. The van der Waals surface area contributed by atoms with Gasteiger partial charge in [-0.2, -0.15) is 0 Å². The highest BCUT2D eigenvalue weighted by atomic mass is 15.2. The van der Waals surface area contributed by atoms with Crippen LogP contribution >= 0.6 is 0 Å². The van der Waals surface area contributed by atoms with Crippen LogP contribution in [0.2, 0.25) is 0 Å². The summed E-state index contributed by atoms with van der Waals surface area (Å²) in [6.45, 7) is 12.6. The third kappa shape index (κ3) is 5.53. The van der Waals surface area contributed by atoms with Crippen molar-refractivity contribution in [3.63, 3.8) is 0 Å². The van der Waals surface area contributed by atoms with Gasteiger partial charge in [0.05, 0.1) is 0 Å². The summed E-state index contributed by atoms with van der Waals surface area (Å²) < 4.78 is 0. The maximum absolute atomic E-state index is 4.49. The molecule has 0 unspecified atom stereocenters. The van der Waals surface area contributed by atoms with Gasteiger partial charge in [0.2, 0.25) is 0 Å². The van der Waals surface area contributed by atoms with Crippen LogP contribution in [-0.4, -0.2) is 30.7 Å². The van der Waals surface area contributed by atoms with E-state index in [1.165, 1.54) is 11.1 Å². The number of aryl methyl sites for hydroxylation is 1. The molecule has 1 fully saturated rings. The van der Waals surface area contributed by atoms with Crippen LogP contribution < -0.4 is 10.2 Å². The fourth-order valence-corrected chi connectivity index (χ4v) is 2.72. The van der Waals surface area contributed by atoms with E-state index in [9.17, 15) is 0 Å². The summed E-state index contributed by atoms with van der Waals surface area (Å²) in [4.78, 5) is 6.86. The second kappa shape index (κ2) is 9.11. The molecular formula is C20H27N3. The lowest BCUT2D eigenvalue weighted by Gasteiger charge is -2.33. The number of aromatic nitrogens is 1. The zero-order chi connectivity index (χ0) is 16.5. The smallest absolute Gasteiger partial charge is 0.128 e. The maximum Gasteiger partial charge on any atom is 0.128 e. The van der Waals surface area contributed by atoms with E-state index in [-0.39, 0.29) is 0 Å². The van der Waals surface area contributed by atoms with Crippen LogP contribution in [0.1, 0.15) is 18.4 Å². The molecule has 122 valence electrons. The molecule has 1 aliphatic heterocycles. The average Bonchev–Trinajstić information content (AvgIpc) is 2.58. The SMILES string of the molecule is C=C/C=C\C=C(/C=C)CNC1CCN(c2cc(C)ccn2)CC1. The molecule has 1 aromatic rings. The van der Waals surface area contributed by atoms with E-state index >= 15 is 0 Å². The van der Waals surface area contributed by atoms with Crippen LogP contribution in [-0.2, 0) is 0 Å². The van der Waals surface area contributed by atoms with E-state index in [2.05, 4.69) is 47.4 Å². The second-order valence-electron chi connectivity index (χ2n) is 5.90. The van der Waals surface area contributed by atoms with Crippen molar-refractivity contribution < 1.29 is 0 Å². The highest BCUT2D eigenvalue weighted by Gasteiger charge is 2.19. The molecule has 1 aliphatic rings. The van der Waals surface area contributed by atoms with Gasteiger partial charge in [-0.05, 0) is 43.0 Å². The molecule has 1 N–H and O–H groups in total. The first-order chi connectivity index (χ1) is 11.2. The number of nitrogens with one attached hydrogen (secondary N) is 1. The van der Waals surface area contributed by atoms with E-state index in [4.69, 9.17) is 0 Å². The highest BCUT2D eigenvalue weighted by molar-refractivity contribution is 5.41. The van der Waals surface area contributed by atoms with Gasteiger partial charge >= 0.3 is 0 Å². The van der Waals surface area contributed by atoms with Crippen molar-refractivity contribution in [1.29, 1.82) is 0 Å². The van der Waals surface area contributed by atoms with E-state index in [1.54, 1.807) is 6.08 Å². The molecule has 23 heavy (non-hydrogen) atoms. The normalized spacial score (nSPS) is 16.7. The Morgan fingerprint density at radius 2 is 2.13 bits per heavy atom. The van der Waals surface area contributed by atoms with Crippen molar-refractivity contribution in [3.8, 4) is 0 Å². The van der Waals surface area contributed by atoms with Crippen molar-refractivity contribution >= 4 is 5.82 Å². The molecule has 0 radical (unpaired) electrons. The van der Waals surface area contributed by atoms with Gasteiger partial charge in [-0.15, -0.1) is 0 Å². The van der Waals surface area contributed by atoms with Gasteiger partial charge in [0.1, 0.15) is 5.82 Å². The highest BCUT2D eigenvalue weighted by Crippen LogP contribution is 2.18. The van der Waals surface area contributed by atoms with E-state index in [1.807, 2.05) is 30.5 Å². The first-order valence-corrected chi connectivity index (χ1v) is 8.24. The summed E-state index contributed by atoms with van der Waals surface area (Å²) in [6, 6.07) is 4.77. The summed E-state index contributed by atoms with van der Waals surface area (Å²) in [5.41, 5.74) is 2.47. The van der Waals surface area contributed by atoms with Gasteiger partial charge in [0, 0.05) is 31.9 Å². The number of piperidine rings is 1. The maximum atomic E-state index is 4.49. The van der Waals surface area contributed by atoms with Crippen molar-refractivity contribution in [3.05, 3.63) is 73.0 Å². The minimum atomic E-state index is 0.558. The van der Waals surface area contributed by atoms with Crippen LogP contribution in [0.4, 0.5) is 5.82 Å². The van der Waals surface area contributed by atoms with Crippen LogP contribution in [0.3, 0.4) is 0 Å². The molecule has 0 atom stereocenters. The van der Waals surface area contributed by atoms with Crippen LogP contribution in [0.25, 0.3) is 0 Å². The van der Waals surface area contributed by atoms with Gasteiger partial charge in [0.15, 0.2) is 0 Å². The molecule has 0 aromatic carbocycles. The molecule has 2 heterocycles. The average molecular weight is 309 g/mol. The Morgan fingerprint density at radius 1 is 1.35 bits per heavy atom. The number of hydrogen-bond donors (Lipinski definition) is 1. The monoisotopic (exact) mass is 309 g/mol. The van der Waals surface area contributed by atoms with Crippen LogP contribution in [0, 0.1) is 6.92 Å². The quantitative estimate of drug-likeness (QED) is 0.777.